The maximum absolute atomic E-state index is 6.95. The first kappa shape index (κ1) is 30.1. The minimum Gasteiger partial charge on any atom is -0.458 e. The highest BCUT2D eigenvalue weighted by Gasteiger charge is 2.43. The lowest BCUT2D eigenvalue weighted by Crippen LogP contribution is -2.74. The van der Waals surface area contributed by atoms with Crippen molar-refractivity contribution in [1.29, 1.82) is 0 Å². The van der Waals surface area contributed by atoms with Crippen LogP contribution < -0.4 is 46.6 Å². The zero-order chi connectivity index (χ0) is 34.9. The highest BCUT2D eigenvalue weighted by molar-refractivity contribution is 7.20. The average molecular weight is 694 g/mol. The summed E-state index contributed by atoms with van der Waals surface area (Å²) in [5, 5.41) is 7.85. The summed E-state index contributed by atoms with van der Waals surface area (Å²) in [6, 6.07) is 70.5. The van der Waals surface area contributed by atoms with Gasteiger partial charge in [-0.15, -0.1) is 0 Å². The second-order valence-electron chi connectivity index (χ2n) is 14.0. The molecule has 248 valence electrons. The molecule has 0 N–H and O–H groups in total. The quantitative estimate of drug-likeness (QED) is 0.145. The molecule has 5 heteroatoms. The third kappa shape index (κ3) is 4.35. The number of hydrogen-bond acceptors (Lipinski definition) is 2. The van der Waals surface area contributed by atoms with Crippen LogP contribution >= 0.6 is 0 Å². The van der Waals surface area contributed by atoms with E-state index in [0.29, 0.717) is 0 Å². The summed E-state index contributed by atoms with van der Waals surface area (Å²) in [6.45, 7) is 0.00350. The van der Waals surface area contributed by atoms with Crippen LogP contribution in [0.1, 0.15) is 0 Å². The topological polar surface area (TPSA) is 23.4 Å². The highest BCUT2D eigenvalue weighted by Crippen LogP contribution is 2.41. The van der Waals surface area contributed by atoms with Crippen LogP contribution in [-0.4, -0.2) is 19.4 Å². The fraction of sp³-hybridized carbons (Fsp3) is 0. The molecule has 0 unspecified atom stereocenters. The second-order valence-corrected chi connectivity index (χ2v) is 17.8. The van der Waals surface area contributed by atoms with Gasteiger partial charge in [-0.1, -0.05) is 158 Å². The van der Waals surface area contributed by atoms with Gasteiger partial charge in [0.05, 0.1) is 16.7 Å². The predicted octanol–water partition coefficient (Wildman–Crippen LogP) is 6.89. The van der Waals surface area contributed by atoms with E-state index in [2.05, 4.69) is 193 Å². The van der Waals surface area contributed by atoms with Gasteiger partial charge >= 0.3 is 0 Å². The zero-order valence-corrected chi connectivity index (χ0v) is 29.8. The van der Waals surface area contributed by atoms with E-state index in [4.69, 9.17) is 9.47 Å². The molecule has 0 saturated heterocycles. The van der Waals surface area contributed by atoms with E-state index >= 15 is 0 Å². The second kappa shape index (κ2) is 11.7. The van der Waals surface area contributed by atoms with Crippen LogP contribution in [-0.2, 0) is 0 Å². The van der Waals surface area contributed by atoms with Gasteiger partial charge in [-0.2, -0.15) is 0 Å². The summed E-state index contributed by atoms with van der Waals surface area (Å²) in [7, 11) is -2.74. The number of rotatable bonds is 5. The molecule has 0 radical (unpaired) electrons. The van der Waals surface area contributed by atoms with Crippen molar-refractivity contribution < 1.29 is 9.47 Å². The number of nitrogens with zero attached hydrogens (tertiary/aromatic N) is 1. The van der Waals surface area contributed by atoms with E-state index in [-0.39, 0.29) is 6.71 Å². The van der Waals surface area contributed by atoms with Crippen molar-refractivity contribution in [1.82, 2.24) is 4.57 Å². The summed E-state index contributed by atoms with van der Waals surface area (Å²) in [4.78, 5) is 0. The van der Waals surface area contributed by atoms with Gasteiger partial charge in [0.1, 0.15) is 23.0 Å². The van der Waals surface area contributed by atoms with Crippen LogP contribution in [0.3, 0.4) is 0 Å². The molecule has 0 bridgehead atoms. The summed E-state index contributed by atoms with van der Waals surface area (Å²) in [5.41, 5.74) is 6.67. The first-order chi connectivity index (χ1) is 26.3. The minimum absolute atomic E-state index is 0.00350. The van der Waals surface area contributed by atoms with Crippen molar-refractivity contribution in [2.24, 2.45) is 0 Å². The van der Waals surface area contributed by atoms with Crippen molar-refractivity contribution in [3.63, 3.8) is 0 Å². The van der Waals surface area contributed by atoms with Crippen LogP contribution in [0.15, 0.2) is 194 Å². The Morgan fingerprint density at radius 3 is 1.57 bits per heavy atom. The summed E-state index contributed by atoms with van der Waals surface area (Å²) in [6.07, 6.45) is 0. The van der Waals surface area contributed by atoms with Crippen molar-refractivity contribution >= 4 is 73.7 Å². The Morgan fingerprint density at radius 1 is 0.396 bits per heavy atom. The van der Waals surface area contributed by atoms with Crippen LogP contribution in [0.2, 0.25) is 0 Å². The lowest BCUT2D eigenvalue weighted by molar-refractivity contribution is 0.463. The number of hydrogen-bond donors (Lipinski definition) is 0. The number of benzene rings is 8. The van der Waals surface area contributed by atoms with Gasteiger partial charge in [-0.05, 0) is 68.1 Å². The third-order valence-corrected chi connectivity index (χ3v) is 16.1. The molecular weight excluding hydrogens is 661 g/mol. The molecule has 2 aliphatic heterocycles. The molecule has 9 aromatic rings. The lowest BCUT2D eigenvalue weighted by atomic mass is 9.35. The van der Waals surface area contributed by atoms with Crippen molar-refractivity contribution in [2.75, 3.05) is 0 Å². The molecule has 1 aromatic heterocycles. The molecule has 0 atom stereocenters. The van der Waals surface area contributed by atoms with Gasteiger partial charge in [-0.25, -0.2) is 0 Å². The molecule has 0 spiro atoms. The Balaban J connectivity index is 1.19. The van der Waals surface area contributed by atoms with E-state index in [9.17, 15) is 0 Å². The maximum Gasteiger partial charge on any atom is 0.260 e. The zero-order valence-electron chi connectivity index (χ0n) is 28.8. The van der Waals surface area contributed by atoms with Crippen LogP contribution in [0.5, 0.6) is 23.0 Å². The first-order valence-electron chi connectivity index (χ1n) is 18.2. The van der Waals surface area contributed by atoms with Crippen molar-refractivity contribution in [3.8, 4) is 28.7 Å². The van der Waals surface area contributed by atoms with Gasteiger partial charge in [0.2, 0.25) is 0 Å². The number of ether oxygens (including phenoxy) is 2. The first-order valence-corrected chi connectivity index (χ1v) is 20.2. The summed E-state index contributed by atoms with van der Waals surface area (Å²) < 4.78 is 15.9. The monoisotopic (exact) mass is 693 g/mol. The molecule has 0 aliphatic carbocycles. The third-order valence-electron chi connectivity index (χ3n) is 11.3. The van der Waals surface area contributed by atoms with Gasteiger partial charge in [0, 0.05) is 16.2 Å². The van der Waals surface area contributed by atoms with Crippen LogP contribution in [0.25, 0.3) is 27.5 Å². The highest BCUT2D eigenvalue weighted by atomic mass is 28.3. The van der Waals surface area contributed by atoms with E-state index in [1.807, 2.05) is 6.07 Å². The Hall–Kier alpha value is -6.56. The van der Waals surface area contributed by atoms with E-state index in [1.165, 1.54) is 31.5 Å². The molecule has 53 heavy (non-hydrogen) atoms. The van der Waals surface area contributed by atoms with Crippen LogP contribution in [0.4, 0.5) is 0 Å². The molecule has 11 rings (SSSR count). The standard InChI is InChI=1S/C48H32BNO2Si/c1-4-16-33(17-5-1)53(34-18-6-2-7-19-34,35-20-8-3-9-21-35)36-28-29-42-38(32-36)37-22-10-13-25-41(37)50(42)43-30-31-46-47-48(43)52-45-27-15-12-24-40(45)49(47)39-23-11-14-26-44(39)51-46/h1-32H. The molecule has 0 fully saturated rings. The fourth-order valence-corrected chi connectivity index (χ4v) is 13.8. The molecule has 3 nitrogen and oxygen atoms in total. The molecule has 0 saturated carbocycles. The lowest BCUT2D eigenvalue weighted by Gasteiger charge is -2.34. The van der Waals surface area contributed by atoms with Crippen LogP contribution in [0, 0.1) is 0 Å². The smallest absolute Gasteiger partial charge is 0.260 e. The Bertz CT molecular complexity index is 2750. The largest absolute Gasteiger partial charge is 0.458 e. The van der Waals surface area contributed by atoms with Crippen molar-refractivity contribution in [3.05, 3.63) is 194 Å². The number of fused-ring (bicyclic) bond motifs is 7. The molecular formula is C48H32BNO2Si. The van der Waals surface area contributed by atoms with Gasteiger partial charge < -0.3 is 14.0 Å². The molecule has 8 aromatic carbocycles. The van der Waals surface area contributed by atoms with Gasteiger partial charge in [-0.3, -0.25) is 0 Å². The normalized spacial score (nSPS) is 12.8. The maximum atomic E-state index is 6.95. The van der Waals surface area contributed by atoms with E-state index < -0.39 is 8.07 Å². The minimum atomic E-state index is -2.74. The SMILES string of the molecule is c1ccc([Si](c2ccccc2)(c2ccccc2)c2ccc3c(c2)c2ccccc2n3-c2ccc3c4c2Oc2ccccc2B4c2ccccc2O3)cc1. The van der Waals surface area contributed by atoms with E-state index in [1.54, 1.807) is 0 Å². The Kier molecular flexibility index (Phi) is 6.67. The molecule has 0 amide bonds. The average Bonchev–Trinajstić information content (AvgIpc) is 3.56. The number of para-hydroxylation sites is 3. The van der Waals surface area contributed by atoms with Crippen molar-refractivity contribution in [2.45, 2.75) is 0 Å². The van der Waals surface area contributed by atoms with E-state index in [0.717, 1.165) is 56.1 Å². The molecule has 3 heterocycles. The Labute approximate surface area is 309 Å². The predicted molar refractivity (Wildman–Crippen MR) is 222 cm³/mol. The van der Waals surface area contributed by atoms with Gasteiger partial charge in [0.25, 0.3) is 6.71 Å². The Morgan fingerprint density at radius 2 is 0.925 bits per heavy atom. The summed E-state index contributed by atoms with van der Waals surface area (Å²) in [5.74, 6) is 3.46. The summed E-state index contributed by atoms with van der Waals surface area (Å²) >= 11 is 0. The number of aromatic nitrogens is 1. The fourth-order valence-electron chi connectivity index (χ4n) is 9.08. The molecule has 2 aliphatic rings. The van der Waals surface area contributed by atoms with Gasteiger partial charge in [0.15, 0.2) is 8.07 Å².